The monoisotopic (exact) mass is 419 g/mol. The second kappa shape index (κ2) is 8.61. The van der Waals surface area contributed by atoms with Crippen molar-refractivity contribution in [1.29, 1.82) is 0 Å². The van der Waals surface area contributed by atoms with Gasteiger partial charge in [0.1, 0.15) is 11.4 Å². The van der Waals surface area contributed by atoms with Crippen LogP contribution in [0.25, 0.3) is 0 Å². The van der Waals surface area contributed by atoms with E-state index < -0.39 is 18.5 Å². The van der Waals surface area contributed by atoms with Gasteiger partial charge in [-0.15, -0.1) is 0 Å². The van der Waals surface area contributed by atoms with Gasteiger partial charge in [0.25, 0.3) is 5.91 Å². The van der Waals surface area contributed by atoms with Crippen molar-refractivity contribution in [2.45, 2.75) is 25.9 Å². The maximum Gasteiger partial charge on any atom is 0.344 e. The molecule has 1 heterocycles. The van der Waals surface area contributed by atoms with Crippen molar-refractivity contribution in [3.63, 3.8) is 0 Å². The van der Waals surface area contributed by atoms with E-state index in [-0.39, 0.29) is 12.2 Å². The summed E-state index contributed by atoms with van der Waals surface area (Å²) in [5, 5.41) is 2.95. The van der Waals surface area contributed by atoms with Gasteiger partial charge in [-0.05, 0) is 38.1 Å². The fourth-order valence-corrected chi connectivity index (χ4v) is 3.22. The van der Waals surface area contributed by atoms with Crippen LogP contribution in [-0.2, 0) is 20.7 Å². The number of amides is 1. The third-order valence-electron chi connectivity index (χ3n) is 4.20. The van der Waals surface area contributed by atoms with Crippen LogP contribution in [0.5, 0.6) is 17.2 Å². The first-order chi connectivity index (χ1) is 13.8. The first-order valence-electron chi connectivity index (χ1n) is 9.00. The first-order valence-corrected chi connectivity index (χ1v) is 9.38. The number of para-hydroxylation sites is 1. The minimum atomic E-state index is -0.664. The van der Waals surface area contributed by atoms with Crippen LogP contribution in [0.3, 0.4) is 0 Å². The Balaban J connectivity index is 1.47. The molecule has 1 amide bonds. The molecule has 0 radical (unpaired) electrons. The topological polar surface area (TPSA) is 83.1 Å². The van der Waals surface area contributed by atoms with Gasteiger partial charge >= 0.3 is 5.97 Å². The van der Waals surface area contributed by atoms with Crippen molar-refractivity contribution in [2.24, 2.45) is 0 Å². The number of halogens is 1. The summed E-state index contributed by atoms with van der Waals surface area (Å²) < 4.78 is 21.4. The van der Waals surface area contributed by atoms with Gasteiger partial charge in [0.05, 0.1) is 12.1 Å². The number of esters is 1. The number of rotatable bonds is 7. The number of carbonyl (C=O) groups excluding carboxylic acids is 2. The lowest BCUT2D eigenvalue weighted by molar-refractivity contribution is -0.149. The van der Waals surface area contributed by atoms with Crippen molar-refractivity contribution in [3.8, 4) is 17.2 Å². The molecule has 0 spiro atoms. The Morgan fingerprint density at radius 2 is 1.97 bits per heavy atom. The van der Waals surface area contributed by atoms with Gasteiger partial charge in [0, 0.05) is 17.7 Å². The number of hydrogen-bond acceptors (Lipinski definition) is 6. The highest BCUT2D eigenvalue weighted by atomic mass is 35.5. The highest BCUT2D eigenvalue weighted by Crippen LogP contribution is 2.41. The van der Waals surface area contributed by atoms with Gasteiger partial charge in [0.15, 0.2) is 24.7 Å². The van der Waals surface area contributed by atoms with Gasteiger partial charge < -0.3 is 24.3 Å². The van der Waals surface area contributed by atoms with E-state index in [1.807, 2.05) is 26.0 Å². The molecule has 29 heavy (non-hydrogen) atoms. The Labute approximate surface area is 173 Å². The standard InChI is InChI=1S/C21H22ClNO6/c1-21(2)10-13-5-4-6-17(20(13)29-21)27-12-19(25)28-11-18(24)23-14-7-8-16(26-3)15(22)9-14/h4-9H,10-12H2,1-3H3,(H,23,24). The first kappa shape index (κ1) is 20.8. The maximum absolute atomic E-state index is 12.0. The fraction of sp³-hybridized carbons (Fsp3) is 0.333. The van der Waals surface area contributed by atoms with E-state index in [1.54, 1.807) is 24.3 Å². The van der Waals surface area contributed by atoms with Crippen LogP contribution in [0.15, 0.2) is 36.4 Å². The third-order valence-corrected chi connectivity index (χ3v) is 4.50. The molecule has 3 rings (SSSR count). The SMILES string of the molecule is COc1ccc(NC(=O)COC(=O)COc2cccc3c2OC(C)(C)C3)cc1Cl. The van der Waals surface area contributed by atoms with Crippen LogP contribution in [0, 0.1) is 0 Å². The van der Waals surface area contributed by atoms with Gasteiger partial charge in [0.2, 0.25) is 0 Å². The molecule has 0 saturated heterocycles. The molecule has 0 aliphatic carbocycles. The average molecular weight is 420 g/mol. The largest absolute Gasteiger partial charge is 0.495 e. The molecule has 7 nitrogen and oxygen atoms in total. The van der Waals surface area contributed by atoms with Crippen LogP contribution in [0.1, 0.15) is 19.4 Å². The molecule has 2 aromatic carbocycles. The molecule has 0 unspecified atom stereocenters. The summed E-state index contributed by atoms with van der Waals surface area (Å²) >= 11 is 6.01. The minimum absolute atomic E-state index is 0.315. The van der Waals surface area contributed by atoms with Crippen molar-refractivity contribution >= 4 is 29.2 Å². The van der Waals surface area contributed by atoms with E-state index in [9.17, 15) is 9.59 Å². The fourth-order valence-electron chi connectivity index (χ4n) is 2.97. The van der Waals surface area contributed by atoms with Crippen molar-refractivity contribution in [3.05, 3.63) is 47.0 Å². The average Bonchev–Trinajstić information content (AvgIpc) is 2.99. The highest BCUT2D eigenvalue weighted by Gasteiger charge is 2.32. The molecule has 1 aliphatic heterocycles. The summed E-state index contributed by atoms with van der Waals surface area (Å²) in [5.74, 6) is 0.447. The number of fused-ring (bicyclic) bond motifs is 1. The maximum atomic E-state index is 12.0. The Hall–Kier alpha value is -2.93. The summed E-state index contributed by atoms with van der Waals surface area (Å²) in [6.07, 6.45) is 0.763. The number of benzene rings is 2. The third kappa shape index (κ3) is 5.32. The van der Waals surface area contributed by atoms with Crippen LogP contribution in [0.2, 0.25) is 5.02 Å². The van der Waals surface area contributed by atoms with E-state index in [2.05, 4.69) is 5.32 Å². The summed E-state index contributed by atoms with van der Waals surface area (Å²) in [6.45, 7) is 3.20. The number of nitrogens with one attached hydrogen (secondary N) is 1. The Morgan fingerprint density at radius 1 is 1.17 bits per heavy atom. The number of anilines is 1. The molecule has 0 atom stereocenters. The molecular formula is C21H22ClNO6. The number of carbonyl (C=O) groups is 2. The molecule has 0 saturated carbocycles. The van der Waals surface area contributed by atoms with E-state index >= 15 is 0 Å². The minimum Gasteiger partial charge on any atom is -0.495 e. The number of ether oxygens (including phenoxy) is 4. The number of hydrogen-bond donors (Lipinski definition) is 1. The molecule has 8 heteroatoms. The molecule has 1 aliphatic rings. The van der Waals surface area contributed by atoms with E-state index in [1.165, 1.54) is 7.11 Å². The Kier molecular flexibility index (Phi) is 6.17. The van der Waals surface area contributed by atoms with Gasteiger partial charge in [-0.2, -0.15) is 0 Å². The summed E-state index contributed by atoms with van der Waals surface area (Å²) in [7, 11) is 1.50. The Bertz CT molecular complexity index is 927. The molecule has 154 valence electrons. The zero-order chi connectivity index (χ0) is 21.0. The number of methoxy groups -OCH3 is 1. The van der Waals surface area contributed by atoms with E-state index in [4.69, 9.17) is 30.5 Å². The second-order valence-electron chi connectivity index (χ2n) is 7.13. The summed E-state index contributed by atoms with van der Waals surface area (Å²) in [4.78, 5) is 23.9. The quantitative estimate of drug-likeness (QED) is 0.690. The van der Waals surface area contributed by atoms with Crippen molar-refractivity contribution < 1.29 is 28.5 Å². The van der Waals surface area contributed by atoms with Crippen LogP contribution >= 0.6 is 11.6 Å². The van der Waals surface area contributed by atoms with Crippen molar-refractivity contribution in [1.82, 2.24) is 0 Å². The lowest BCUT2D eigenvalue weighted by Crippen LogP contribution is -2.25. The van der Waals surface area contributed by atoms with E-state index in [0.717, 1.165) is 12.0 Å². The molecule has 0 bridgehead atoms. The normalized spacial score (nSPS) is 13.8. The van der Waals surface area contributed by atoms with Crippen LogP contribution in [-0.4, -0.2) is 37.8 Å². The zero-order valence-corrected chi connectivity index (χ0v) is 17.2. The highest BCUT2D eigenvalue weighted by molar-refractivity contribution is 6.32. The summed E-state index contributed by atoms with van der Waals surface area (Å²) in [5.41, 5.74) is 1.18. The molecule has 2 aromatic rings. The lowest BCUT2D eigenvalue weighted by atomic mass is 10.0. The lowest BCUT2D eigenvalue weighted by Gasteiger charge is -2.18. The van der Waals surface area contributed by atoms with Crippen LogP contribution in [0.4, 0.5) is 5.69 Å². The van der Waals surface area contributed by atoms with Gasteiger partial charge in [-0.1, -0.05) is 23.7 Å². The van der Waals surface area contributed by atoms with Crippen molar-refractivity contribution in [2.75, 3.05) is 25.6 Å². The van der Waals surface area contributed by atoms with E-state index in [0.29, 0.717) is 28.0 Å². The molecule has 1 N–H and O–H groups in total. The Morgan fingerprint density at radius 3 is 2.69 bits per heavy atom. The van der Waals surface area contributed by atoms with Crippen LogP contribution < -0.4 is 19.5 Å². The second-order valence-corrected chi connectivity index (χ2v) is 7.54. The van der Waals surface area contributed by atoms with Gasteiger partial charge in [-0.25, -0.2) is 4.79 Å². The smallest absolute Gasteiger partial charge is 0.344 e. The predicted octanol–water partition coefficient (Wildman–Crippen LogP) is 3.62. The molecule has 0 fully saturated rings. The summed E-state index contributed by atoms with van der Waals surface area (Å²) in [6, 6.07) is 10.3. The van der Waals surface area contributed by atoms with Gasteiger partial charge in [-0.3, -0.25) is 4.79 Å². The molecule has 0 aromatic heterocycles. The predicted molar refractivity (Wildman–Crippen MR) is 108 cm³/mol. The molecular weight excluding hydrogens is 398 g/mol. The zero-order valence-electron chi connectivity index (χ0n) is 16.4.